The molecule has 23 heteroatoms. The first-order chi connectivity index (χ1) is 46.4. The van der Waals surface area contributed by atoms with Crippen molar-refractivity contribution in [3.63, 3.8) is 0 Å². The largest absolute Gasteiger partial charge is 0.458 e. The fourth-order valence-electron chi connectivity index (χ4n) is 12.3. The summed E-state index contributed by atoms with van der Waals surface area (Å²) in [6, 6.07) is 19.9. The summed E-state index contributed by atoms with van der Waals surface area (Å²) in [5.74, 6) is -5.61. The van der Waals surface area contributed by atoms with Crippen LogP contribution >= 0.6 is 0 Å². The lowest BCUT2D eigenvalue weighted by atomic mass is 10.0. The molecule has 4 aliphatic carbocycles. The Kier molecular flexibility index (Phi) is 25.8. The minimum absolute atomic E-state index is 0.0318. The van der Waals surface area contributed by atoms with E-state index in [2.05, 4.69) is 9.80 Å². The number of likely N-dealkylation sites (N-methyl/N-ethyl adjacent to an activating group) is 4. The number of hydrogen-bond donors (Lipinski definition) is 0. The fraction of sp³-hybridized carbons (Fsp3) is 0.635. The van der Waals surface area contributed by atoms with E-state index in [0.29, 0.717) is 70.3 Å². The van der Waals surface area contributed by atoms with Crippen LogP contribution in [0.1, 0.15) is 141 Å². The van der Waals surface area contributed by atoms with Crippen molar-refractivity contribution in [3.05, 3.63) is 95.6 Å². The molecule has 6 aliphatic rings. The smallest absolute Gasteiger partial charge is 0.410 e. The van der Waals surface area contributed by atoms with Crippen molar-refractivity contribution in [1.82, 2.24) is 19.6 Å². The van der Waals surface area contributed by atoms with Crippen molar-refractivity contribution < 1.29 is 81.0 Å². The van der Waals surface area contributed by atoms with Crippen molar-refractivity contribution in [2.75, 3.05) is 90.6 Å². The summed E-state index contributed by atoms with van der Waals surface area (Å²) >= 11 is 0. The molecule has 0 spiro atoms. The summed E-state index contributed by atoms with van der Waals surface area (Å²) in [5.41, 5.74) is 3.40. The molecule has 4 saturated carbocycles. The molecule has 23 nitrogen and oxygen atoms in total. The third-order valence-corrected chi connectivity index (χ3v) is 19.3. The number of ether oxygens (including phenoxy) is 8. The number of rotatable bonds is 34. The van der Waals surface area contributed by atoms with E-state index in [1.165, 1.54) is 61.6 Å². The molecule has 2 saturated heterocycles. The maximum atomic E-state index is 15.2. The van der Waals surface area contributed by atoms with E-state index < -0.39 is 108 Å². The van der Waals surface area contributed by atoms with Gasteiger partial charge >= 0.3 is 35.9 Å². The Bertz CT molecular complexity index is 3150. The van der Waals surface area contributed by atoms with Gasteiger partial charge in [0.25, 0.3) is 17.7 Å². The number of esters is 5. The van der Waals surface area contributed by atoms with Crippen molar-refractivity contribution in [1.29, 1.82) is 0 Å². The average Bonchev–Trinajstić information content (AvgIpc) is 1.76. The Morgan fingerprint density at radius 1 is 0.464 bits per heavy atom. The van der Waals surface area contributed by atoms with Crippen LogP contribution in [0.5, 0.6) is 0 Å². The summed E-state index contributed by atoms with van der Waals surface area (Å²) in [7, 11) is 5.82. The first-order valence-electron chi connectivity index (χ1n) is 35.0. The van der Waals surface area contributed by atoms with Crippen LogP contribution in [0.3, 0.4) is 0 Å². The van der Waals surface area contributed by atoms with E-state index in [1.54, 1.807) is 32.9 Å². The van der Waals surface area contributed by atoms with Gasteiger partial charge in [0.05, 0.1) is 26.4 Å². The minimum Gasteiger partial charge on any atom is -0.458 e. The van der Waals surface area contributed by atoms with Gasteiger partial charge in [-0.15, -0.1) is 0 Å². The number of nitrogens with zero attached hydrogens (tertiary/aromatic N) is 6. The molecule has 4 amide bonds. The maximum Gasteiger partial charge on any atom is 0.410 e. The number of aryl methyl sites for hydroxylation is 1. The van der Waals surface area contributed by atoms with Crippen LogP contribution in [0, 0.1) is 23.7 Å². The second kappa shape index (κ2) is 34.1. The molecule has 0 unspecified atom stereocenters. The van der Waals surface area contributed by atoms with Crippen LogP contribution < -0.4 is 9.80 Å². The third kappa shape index (κ3) is 22.1. The Balaban J connectivity index is 0.912. The van der Waals surface area contributed by atoms with E-state index in [1.807, 2.05) is 66.7 Å². The van der Waals surface area contributed by atoms with Gasteiger partial charge in [0, 0.05) is 72.2 Å². The molecule has 97 heavy (non-hydrogen) atoms. The van der Waals surface area contributed by atoms with Crippen LogP contribution in [0.25, 0.3) is 0 Å². The molecule has 0 bridgehead atoms. The number of carbonyl (C=O) groups excluding carboxylic acids is 9. The molecule has 6 fully saturated rings. The van der Waals surface area contributed by atoms with Crippen LogP contribution in [0.15, 0.2) is 78.9 Å². The molecule has 3 aromatic carbocycles. The zero-order chi connectivity index (χ0) is 69.5. The average molecular weight is 1350 g/mol. The van der Waals surface area contributed by atoms with Gasteiger partial charge in [-0.2, -0.15) is 0 Å². The number of hydrogen-bond acceptors (Lipinski definition) is 19. The number of carbonyl (C=O) groups is 9. The quantitative estimate of drug-likeness (QED) is 0.0403. The van der Waals surface area contributed by atoms with Gasteiger partial charge < -0.3 is 62.4 Å². The van der Waals surface area contributed by atoms with E-state index in [-0.39, 0.29) is 56.5 Å². The molecule has 9 rings (SSSR count). The fourth-order valence-corrected chi connectivity index (χ4v) is 12.3. The molecular weight excluding hydrogens is 1240 g/mol. The molecule has 0 N–H and O–H groups in total. The lowest BCUT2D eigenvalue weighted by Gasteiger charge is -2.34. The number of anilines is 2. The van der Waals surface area contributed by atoms with E-state index >= 15 is 14.4 Å². The lowest BCUT2D eigenvalue weighted by molar-refractivity contribution is -0.175. The van der Waals surface area contributed by atoms with Crippen LogP contribution in [-0.4, -0.2) is 208 Å². The van der Waals surface area contributed by atoms with Crippen molar-refractivity contribution in [3.8, 4) is 0 Å². The zero-order valence-electron chi connectivity index (χ0n) is 58.2. The predicted octanol–water partition coefficient (Wildman–Crippen LogP) is 8.27. The van der Waals surface area contributed by atoms with E-state index in [9.17, 15) is 28.8 Å². The highest BCUT2D eigenvalue weighted by molar-refractivity contribution is 5.93. The Labute approximate surface area is 571 Å². The topological polar surface area (TPSA) is 247 Å². The molecule has 530 valence electrons. The van der Waals surface area contributed by atoms with Gasteiger partial charge in [-0.3, -0.25) is 19.3 Å². The number of morpholine rings is 2. The summed E-state index contributed by atoms with van der Waals surface area (Å²) in [6.07, 6.45) is 2.16. The molecule has 2 aliphatic heterocycles. The molecule has 0 radical (unpaired) electrons. The van der Waals surface area contributed by atoms with Gasteiger partial charge in [0.15, 0.2) is 24.4 Å². The van der Waals surface area contributed by atoms with Gasteiger partial charge in [0.1, 0.15) is 36.4 Å². The third-order valence-electron chi connectivity index (χ3n) is 19.3. The standard InChI is InChI=1S/C74H102N6O17/c1-48(93-70(86)60(43-52-17-18-52)77(8)66(82)63(34-28-51-23-29-57(30-24-51)79-35-39-90-40-36-79)95-72(88)62(45-54-21-22-54)78(9)73(89)97-74(3,4)5)65(81)76(7)61(44-53-19-20-53)71(87)96-64(46-55-25-31-58(32-26-55)80-37-41-91-42-38-80)67(83)75(6)59(33-27-50-15-16-50)69(85)94-49(2)68(84)92-47-56-13-11-10-12-14-56/h10-14,23-26,29-32,48-50,52-54,59-64H,15-22,27-28,33-47H2,1-9H3/t48-,49-,59+,60+,61+,62+,63-,64-/m1/s1. The molecular formula is C74H102N6O17. The Morgan fingerprint density at radius 3 is 1.38 bits per heavy atom. The normalized spacial score (nSPS) is 18.9. The highest BCUT2D eigenvalue weighted by Crippen LogP contribution is 2.39. The summed E-state index contributed by atoms with van der Waals surface area (Å²) in [5, 5.41) is 0. The van der Waals surface area contributed by atoms with Crippen LogP contribution in [0.2, 0.25) is 0 Å². The highest BCUT2D eigenvalue weighted by atomic mass is 16.6. The lowest BCUT2D eigenvalue weighted by Crippen LogP contribution is -2.53. The van der Waals surface area contributed by atoms with Crippen molar-refractivity contribution in [2.45, 2.75) is 198 Å². The minimum atomic E-state index is -1.51. The second-order valence-corrected chi connectivity index (χ2v) is 28.4. The van der Waals surface area contributed by atoms with Gasteiger partial charge in [-0.1, -0.05) is 106 Å². The van der Waals surface area contributed by atoms with Gasteiger partial charge in [-0.25, -0.2) is 28.8 Å². The first kappa shape index (κ1) is 73.5. The van der Waals surface area contributed by atoms with Gasteiger partial charge in [0.2, 0.25) is 0 Å². The summed E-state index contributed by atoms with van der Waals surface area (Å²) in [6.45, 7) is 13.3. The zero-order valence-corrected chi connectivity index (χ0v) is 58.2. The van der Waals surface area contributed by atoms with Crippen LogP contribution in [0.4, 0.5) is 16.2 Å². The second-order valence-electron chi connectivity index (χ2n) is 28.4. The Hall–Kier alpha value is -7.79. The monoisotopic (exact) mass is 1350 g/mol. The van der Waals surface area contributed by atoms with E-state index in [0.717, 1.165) is 87.0 Å². The van der Waals surface area contributed by atoms with Crippen LogP contribution in [-0.2, 0) is 95.7 Å². The Morgan fingerprint density at radius 2 is 0.887 bits per heavy atom. The number of benzene rings is 3. The molecule has 2 heterocycles. The van der Waals surface area contributed by atoms with E-state index in [4.69, 9.17) is 37.9 Å². The summed E-state index contributed by atoms with van der Waals surface area (Å²) < 4.78 is 46.6. The molecule has 3 aromatic rings. The predicted molar refractivity (Wildman–Crippen MR) is 360 cm³/mol. The molecule has 0 aromatic heterocycles. The molecule has 8 atom stereocenters. The first-order valence-corrected chi connectivity index (χ1v) is 35.0. The highest BCUT2D eigenvalue weighted by Gasteiger charge is 2.45. The maximum absolute atomic E-state index is 15.2. The van der Waals surface area contributed by atoms with Crippen molar-refractivity contribution in [2.24, 2.45) is 23.7 Å². The summed E-state index contributed by atoms with van der Waals surface area (Å²) in [4.78, 5) is 140. The number of amides is 4. The SMILES string of the molecule is C[C@@H](OC(=O)[C@H](CCC1CC1)N(C)C(=O)[C@@H](Cc1ccc(N2CCOCC2)cc1)OC(=O)[C@H](CC1CC1)N(C)C(=O)[C@@H](C)OC(=O)[C@H](CC1CC1)N(C)C(=O)[C@@H](CCc1ccc(N2CCOCC2)cc1)OC(=O)[C@H](CC1CC1)N(C)C(=O)OC(C)(C)C)C(=O)OCc1ccccc1. The van der Waals surface area contributed by atoms with Gasteiger partial charge in [-0.05, 0) is 144 Å². The van der Waals surface area contributed by atoms with Crippen molar-refractivity contribution >= 4 is 65.0 Å².